The predicted molar refractivity (Wildman–Crippen MR) is 118 cm³/mol. The monoisotopic (exact) mass is 630 g/mol. The Hall–Kier alpha value is -2.93. The van der Waals surface area contributed by atoms with Gasteiger partial charge in [0.05, 0.1) is 35.4 Å². The quantitative estimate of drug-likeness (QED) is 0.204. The largest absolute Gasteiger partial charge is 2.00 e. The summed E-state index contributed by atoms with van der Waals surface area (Å²) in [5, 5.41) is 17.3. The first-order valence-corrected chi connectivity index (χ1v) is 9.51. The van der Waals surface area contributed by atoms with Crippen molar-refractivity contribution in [3.05, 3.63) is 92.1 Å². The molecule has 0 unspecified atom stereocenters. The Bertz CT molecular complexity index is 1230. The Kier molecular flexibility index (Phi) is 7.28. The minimum Gasteiger partial charge on any atom is -0.417 e. The number of fused-ring (bicyclic) bond motifs is 1. The van der Waals surface area contributed by atoms with Crippen LogP contribution in [-0.2, 0) is 0 Å². The SMILES string of the molecule is [CH2-]CN(C[CH2-])C(=N)c1ccc(-c2cn3c(-c4ccc(C#N)cc4)cnc3cn2)cc1.[U+2]. The molecule has 0 amide bonds. The fourth-order valence-electron chi connectivity index (χ4n) is 3.28. The minimum absolute atomic E-state index is 0. The second-order valence-corrected chi connectivity index (χ2v) is 6.75. The van der Waals surface area contributed by atoms with E-state index in [-0.39, 0.29) is 31.1 Å². The van der Waals surface area contributed by atoms with E-state index in [2.05, 4.69) is 29.9 Å². The molecule has 2 aromatic carbocycles. The Labute approximate surface area is 205 Å². The Balaban J connectivity index is 0.00000272. The van der Waals surface area contributed by atoms with Crippen molar-refractivity contribution < 1.29 is 31.1 Å². The topological polar surface area (TPSA) is 81.1 Å². The van der Waals surface area contributed by atoms with Gasteiger partial charge in [-0.1, -0.05) is 36.4 Å². The minimum atomic E-state index is 0. The van der Waals surface area contributed by atoms with E-state index in [1.807, 2.05) is 47.0 Å². The Morgan fingerprint density at radius 2 is 1.61 bits per heavy atom. The number of imidazole rings is 1. The number of benzene rings is 2. The van der Waals surface area contributed by atoms with E-state index in [0.29, 0.717) is 24.5 Å². The van der Waals surface area contributed by atoms with Crippen molar-refractivity contribution >= 4 is 11.5 Å². The van der Waals surface area contributed by atoms with Gasteiger partial charge < -0.3 is 18.7 Å². The number of nitrogens with one attached hydrogen (secondary N) is 1. The second kappa shape index (κ2) is 9.92. The average Bonchev–Trinajstić information content (AvgIpc) is 3.23. The first-order chi connectivity index (χ1) is 14.6. The van der Waals surface area contributed by atoms with Crippen molar-refractivity contribution in [3.8, 4) is 28.6 Å². The second-order valence-electron chi connectivity index (χ2n) is 6.75. The average molecular weight is 630 g/mol. The van der Waals surface area contributed by atoms with Gasteiger partial charge in [-0.25, -0.2) is 4.98 Å². The number of hydrogen-bond acceptors (Lipinski definition) is 4. The summed E-state index contributed by atoms with van der Waals surface area (Å²) < 4.78 is 1.99. The van der Waals surface area contributed by atoms with Crippen LogP contribution in [0.1, 0.15) is 11.1 Å². The van der Waals surface area contributed by atoms with E-state index < -0.39 is 0 Å². The molecule has 0 aliphatic rings. The molecule has 0 saturated carbocycles. The maximum atomic E-state index is 9.01. The third-order valence-corrected chi connectivity index (χ3v) is 5.02. The smallest absolute Gasteiger partial charge is 0.417 e. The fourth-order valence-corrected chi connectivity index (χ4v) is 3.28. The number of rotatable bonds is 5. The van der Waals surface area contributed by atoms with Crippen LogP contribution >= 0.6 is 0 Å². The summed E-state index contributed by atoms with van der Waals surface area (Å²) in [4.78, 5) is 10.8. The van der Waals surface area contributed by atoms with Crippen LogP contribution in [0.4, 0.5) is 0 Å². The molecule has 0 radical (unpaired) electrons. The molecule has 0 bridgehead atoms. The molecule has 0 atom stereocenters. The first-order valence-electron chi connectivity index (χ1n) is 9.51. The van der Waals surface area contributed by atoms with Gasteiger partial charge in [-0.15, -0.1) is 13.1 Å². The molecule has 0 spiro atoms. The zero-order valence-electron chi connectivity index (χ0n) is 16.9. The number of hydrogen-bond donors (Lipinski definition) is 1. The Morgan fingerprint density at radius 1 is 0.968 bits per heavy atom. The summed E-state index contributed by atoms with van der Waals surface area (Å²) in [5.41, 5.74) is 5.84. The van der Waals surface area contributed by atoms with Crippen LogP contribution in [0.3, 0.4) is 0 Å². The zero-order chi connectivity index (χ0) is 21.1. The van der Waals surface area contributed by atoms with Crippen LogP contribution in [0.15, 0.2) is 67.1 Å². The van der Waals surface area contributed by atoms with Gasteiger partial charge in [-0.05, 0) is 12.1 Å². The maximum absolute atomic E-state index is 9.01. The van der Waals surface area contributed by atoms with E-state index in [0.717, 1.165) is 33.7 Å². The van der Waals surface area contributed by atoms with Crippen LogP contribution in [-0.4, -0.2) is 38.2 Å². The van der Waals surface area contributed by atoms with Gasteiger partial charge in [0.25, 0.3) is 0 Å². The van der Waals surface area contributed by atoms with Gasteiger partial charge in [0, 0.05) is 22.9 Å². The summed E-state index contributed by atoms with van der Waals surface area (Å²) in [6, 6.07) is 17.3. The molecule has 4 aromatic rings. The number of nitriles is 1. The van der Waals surface area contributed by atoms with Crippen LogP contribution in [0.25, 0.3) is 28.2 Å². The summed E-state index contributed by atoms with van der Waals surface area (Å²) >= 11 is 0. The van der Waals surface area contributed by atoms with E-state index in [1.54, 1.807) is 29.4 Å². The standard InChI is InChI=1S/C24H20N6.U/c1-3-29(4-2)24(26)20-11-9-18(10-12-20)21-16-30-22(14-28-23(30)15-27-21)19-7-5-17(13-25)6-8-19;/h5-12,14-16,26H,1-4H2;/q-2;+2. The van der Waals surface area contributed by atoms with Crippen molar-refractivity contribution in [3.63, 3.8) is 0 Å². The first kappa shape index (κ1) is 22.8. The molecular weight excluding hydrogens is 610 g/mol. The summed E-state index contributed by atoms with van der Waals surface area (Å²) in [6.07, 6.45) is 5.50. The summed E-state index contributed by atoms with van der Waals surface area (Å²) in [7, 11) is 0. The molecule has 1 N–H and O–H groups in total. The van der Waals surface area contributed by atoms with Crippen molar-refractivity contribution in [2.75, 3.05) is 13.1 Å². The van der Waals surface area contributed by atoms with Crippen LogP contribution in [0.2, 0.25) is 0 Å². The molecule has 6 nitrogen and oxygen atoms in total. The summed E-state index contributed by atoms with van der Waals surface area (Å²) in [5.74, 6) is 0.410. The molecular formula is C24H20N6U. The predicted octanol–water partition coefficient (Wildman–Crippen LogP) is 4.23. The van der Waals surface area contributed by atoms with E-state index in [1.165, 1.54) is 0 Å². The van der Waals surface area contributed by atoms with Crippen LogP contribution in [0, 0.1) is 61.7 Å². The maximum Gasteiger partial charge on any atom is 2.00 e. The molecule has 7 heteroatoms. The molecule has 150 valence electrons. The van der Waals surface area contributed by atoms with Crippen LogP contribution < -0.4 is 0 Å². The summed E-state index contributed by atoms with van der Waals surface area (Å²) in [6.45, 7) is 8.69. The Morgan fingerprint density at radius 3 is 2.23 bits per heavy atom. The van der Waals surface area contributed by atoms with E-state index >= 15 is 0 Å². The normalized spacial score (nSPS) is 10.4. The molecule has 31 heavy (non-hydrogen) atoms. The molecule has 2 aromatic heterocycles. The molecule has 0 aliphatic heterocycles. The molecule has 2 heterocycles. The van der Waals surface area contributed by atoms with E-state index in [9.17, 15) is 0 Å². The van der Waals surface area contributed by atoms with Crippen molar-refractivity contribution in [1.29, 1.82) is 10.7 Å². The fraction of sp³-hybridized carbons (Fsp3) is 0.0833. The number of aromatic nitrogens is 3. The molecule has 0 fully saturated rings. The van der Waals surface area contributed by atoms with Gasteiger partial charge in [0.2, 0.25) is 0 Å². The molecule has 0 aliphatic carbocycles. The number of amidine groups is 1. The van der Waals surface area contributed by atoms with Gasteiger partial charge in [0.15, 0.2) is 5.65 Å². The van der Waals surface area contributed by atoms with Crippen molar-refractivity contribution in [2.45, 2.75) is 0 Å². The van der Waals surface area contributed by atoms with Gasteiger partial charge in [-0.3, -0.25) is 14.8 Å². The van der Waals surface area contributed by atoms with Gasteiger partial charge >= 0.3 is 31.1 Å². The van der Waals surface area contributed by atoms with Crippen molar-refractivity contribution in [2.24, 2.45) is 0 Å². The third-order valence-electron chi connectivity index (χ3n) is 5.02. The molecule has 4 rings (SSSR count). The van der Waals surface area contributed by atoms with Gasteiger partial charge in [0.1, 0.15) is 5.84 Å². The number of nitrogens with zero attached hydrogens (tertiary/aromatic N) is 5. The van der Waals surface area contributed by atoms with Crippen LogP contribution in [0.5, 0.6) is 0 Å². The zero-order valence-corrected chi connectivity index (χ0v) is 21.1. The van der Waals surface area contributed by atoms with Crippen molar-refractivity contribution in [1.82, 2.24) is 19.3 Å². The molecule has 0 saturated heterocycles. The third kappa shape index (κ3) is 4.56. The van der Waals surface area contributed by atoms with Gasteiger partial charge in [-0.2, -0.15) is 5.26 Å². The van der Waals surface area contributed by atoms with E-state index in [4.69, 9.17) is 10.7 Å².